The van der Waals surface area contributed by atoms with Crippen molar-refractivity contribution in [2.24, 2.45) is 5.92 Å². The minimum absolute atomic E-state index is 0.0301. The minimum atomic E-state index is -0.400. The number of hydrogen-bond acceptors (Lipinski definition) is 5. The fourth-order valence-corrected chi connectivity index (χ4v) is 4.18. The molecule has 32 heavy (non-hydrogen) atoms. The molecule has 0 spiro atoms. The van der Waals surface area contributed by atoms with Crippen molar-refractivity contribution in [3.63, 3.8) is 0 Å². The van der Waals surface area contributed by atoms with Gasteiger partial charge in [-0.05, 0) is 62.1 Å². The van der Waals surface area contributed by atoms with E-state index in [-0.39, 0.29) is 18.2 Å². The lowest BCUT2D eigenvalue weighted by atomic mass is 9.85. The quantitative estimate of drug-likeness (QED) is 0.638. The van der Waals surface area contributed by atoms with Crippen molar-refractivity contribution >= 4 is 23.2 Å². The third-order valence-corrected chi connectivity index (χ3v) is 6.58. The third kappa shape index (κ3) is 3.90. The molecule has 2 aromatic carbocycles. The monoisotopic (exact) mass is 430 g/mol. The van der Waals surface area contributed by atoms with Crippen LogP contribution < -0.4 is 10.2 Å². The lowest BCUT2D eigenvalue weighted by Crippen LogP contribution is -2.28. The average Bonchev–Trinajstić information content (AvgIpc) is 3.36. The fraction of sp³-hybridized carbons (Fsp3) is 0.360. The molecule has 5 rings (SSSR count). The summed E-state index contributed by atoms with van der Waals surface area (Å²) in [6, 6.07) is 13.4. The molecule has 2 amide bonds. The molecule has 1 N–H and O–H groups in total. The van der Waals surface area contributed by atoms with Gasteiger partial charge in [-0.25, -0.2) is 0 Å². The van der Waals surface area contributed by atoms with Crippen LogP contribution in [0.4, 0.5) is 11.4 Å². The van der Waals surface area contributed by atoms with Crippen molar-refractivity contribution in [3.8, 4) is 11.4 Å². The van der Waals surface area contributed by atoms with Crippen LogP contribution in [0.25, 0.3) is 11.4 Å². The van der Waals surface area contributed by atoms with Crippen LogP contribution in [0.15, 0.2) is 47.0 Å². The van der Waals surface area contributed by atoms with Gasteiger partial charge < -0.3 is 14.7 Å². The molecule has 7 nitrogen and oxygen atoms in total. The summed E-state index contributed by atoms with van der Waals surface area (Å²) in [6.45, 7) is 4.44. The largest absolute Gasteiger partial charge is 0.339 e. The first kappa shape index (κ1) is 20.4. The number of anilines is 2. The highest BCUT2D eigenvalue weighted by atomic mass is 16.5. The van der Waals surface area contributed by atoms with E-state index < -0.39 is 5.92 Å². The summed E-state index contributed by atoms with van der Waals surface area (Å²) < 4.78 is 5.42. The van der Waals surface area contributed by atoms with E-state index in [0.717, 1.165) is 29.7 Å². The normalized spacial score (nSPS) is 18.6. The Labute approximate surface area is 186 Å². The molecule has 3 aromatic rings. The van der Waals surface area contributed by atoms with E-state index in [1.165, 1.54) is 12.0 Å². The number of rotatable bonds is 5. The second-order valence-corrected chi connectivity index (χ2v) is 8.83. The van der Waals surface area contributed by atoms with Crippen LogP contribution in [0, 0.1) is 19.8 Å². The van der Waals surface area contributed by atoms with E-state index in [1.54, 1.807) is 4.90 Å². The van der Waals surface area contributed by atoms with Gasteiger partial charge in [0.1, 0.15) is 0 Å². The number of aromatic nitrogens is 2. The molecule has 1 unspecified atom stereocenters. The van der Waals surface area contributed by atoms with Crippen LogP contribution in [0.2, 0.25) is 0 Å². The van der Waals surface area contributed by atoms with Crippen molar-refractivity contribution in [2.75, 3.05) is 16.8 Å². The summed E-state index contributed by atoms with van der Waals surface area (Å²) in [5.74, 6) is 1.00. The maximum absolute atomic E-state index is 12.9. The van der Waals surface area contributed by atoms with E-state index in [1.807, 2.05) is 56.3 Å². The predicted molar refractivity (Wildman–Crippen MR) is 121 cm³/mol. The zero-order chi connectivity index (χ0) is 22.2. The molecule has 1 saturated carbocycles. The Balaban J connectivity index is 1.27. The van der Waals surface area contributed by atoms with Gasteiger partial charge in [-0.1, -0.05) is 29.8 Å². The van der Waals surface area contributed by atoms with Gasteiger partial charge in [0.2, 0.25) is 23.5 Å². The summed E-state index contributed by atoms with van der Waals surface area (Å²) in [5.41, 5.74) is 4.59. The standard InChI is InChI=1S/C25H26N4O3/c1-15-9-10-21(11-16(15)2)29-14-19(13-22(29)30)24(31)26-20-8-4-7-18(12-20)23-27-25(32-28-23)17-5-3-6-17/h4,7-12,17,19H,3,5-6,13-14H2,1-2H3,(H,26,31). The SMILES string of the molecule is Cc1ccc(N2CC(C(=O)Nc3cccc(-c4noc(C5CCC5)n4)c3)CC2=O)cc1C. The Morgan fingerprint density at radius 2 is 1.97 bits per heavy atom. The third-order valence-electron chi connectivity index (χ3n) is 6.58. The van der Waals surface area contributed by atoms with E-state index >= 15 is 0 Å². The lowest BCUT2D eigenvalue weighted by molar-refractivity contribution is -0.122. The van der Waals surface area contributed by atoms with Gasteiger partial charge in [-0.15, -0.1) is 0 Å². The predicted octanol–water partition coefficient (Wildman–Crippen LogP) is 4.61. The zero-order valence-electron chi connectivity index (χ0n) is 18.3. The highest BCUT2D eigenvalue weighted by Crippen LogP contribution is 2.36. The molecule has 1 aromatic heterocycles. The van der Waals surface area contributed by atoms with Gasteiger partial charge in [0.05, 0.1) is 5.92 Å². The van der Waals surface area contributed by atoms with Gasteiger partial charge in [-0.2, -0.15) is 4.98 Å². The van der Waals surface area contributed by atoms with Gasteiger partial charge >= 0.3 is 0 Å². The number of nitrogens with zero attached hydrogens (tertiary/aromatic N) is 3. The van der Waals surface area contributed by atoms with Crippen LogP contribution in [0.3, 0.4) is 0 Å². The Morgan fingerprint density at radius 1 is 1.12 bits per heavy atom. The fourth-order valence-electron chi connectivity index (χ4n) is 4.18. The molecule has 2 fully saturated rings. The highest BCUT2D eigenvalue weighted by Gasteiger charge is 2.35. The topological polar surface area (TPSA) is 88.3 Å². The maximum atomic E-state index is 12.9. The van der Waals surface area contributed by atoms with Crippen molar-refractivity contribution in [2.45, 2.75) is 45.4 Å². The summed E-state index contributed by atoms with van der Waals surface area (Å²) in [4.78, 5) is 31.7. The molecule has 2 heterocycles. The Hall–Kier alpha value is -3.48. The number of amides is 2. The number of carbonyl (C=O) groups is 2. The van der Waals surface area contributed by atoms with E-state index in [0.29, 0.717) is 29.9 Å². The molecule has 164 valence electrons. The zero-order valence-corrected chi connectivity index (χ0v) is 18.3. The number of hydrogen-bond donors (Lipinski definition) is 1. The van der Waals surface area contributed by atoms with Crippen LogP contribution in [0.5, 0.6) is 0 Å². The highest BCUT2D eigenvalue weighted by molar-refractivity contribution is 6.03. The van der Waals surface area contributed by atoms with E-state index in [2.05, 4.69) is 15.5 Å². The van der Waals surface area contributed by atoms with Gasteiger partial charge in [-0.3, -0.25) is 9.59 Å². The molecule has 1 aliphatic carbocycles. The maximum Gasteiger partial charge on any atom is 0.230 e. The van der Waals surface area contributed by atoms with Crippen LogP contribution in [0.1, 0.15) is 48.6 Å². The first-order chi connectivity index (χ1) is 15.5. The van der Waals surface area contributed by atoms with Crippen molar-refractivity contribution in [3.05, 3.63) is 59.5 Å². The smallest absolute Gasteiger partial charge is 0.230 e. The summed E-state index contributed by atoms with van der Waals surface area (Å²) >= 11 is 0. The number of aryl methyl sites for hydroxylation is 2. The van der Waals surface area contributed by atoms with Gasteiger partial charge in [0.25, 0.3) is 0 Å². The second kappa shape index (κ2) is 8.22. The molecule has 7 heteroatoms. The number of benzene rings is 2. The van der Waals surface area contributed by atoms with Crippen molar-refractivity contribution in [1.82, 2.24) is 10.1 Å². The van der Waals surface area contributed by atoms with Crippen LogP contribution in [-0.2, 0) is 9.59 Å². The molecular formula is C25H26N4O3. The summed E-state index contributed by atoms with van der Waals surface area (Å²) in [6.07, 6.45) is 3.59. The van der Waals surface area contributed by atoms with Crippen molar-refractivity contribution < 1.29 is 14.1 Å². The van der Waals surface area contributed by atoms with E-state index in [9.17, 15) is 9.59 Å². The number of carbonyl (C=O) groups excluding carboxylic acids is 2. The number of nitrogens with one attached hydrogen (secondary N) is 1. The summed E-state index contributed by atoms with van der Waals surface area (Å²) in [5, 5.41) is 7.06. The van der Waals surface area contributed by atoms with Gasteiger partial charge in [0, 0.05) is 35.8 Å². The van der Waals surface area contributed by atoms with E-state index in [4.69, 9.17) is 4.52 Å². The minimum Gasteiger partial charge on any atom is -0.339 e. The Bertz CT molecular complexity index is 1180. The molecule has 2 aliphatic rings. The Kier molecular flexibility index (Phi) is 5.25. The molecule has 1 atom stereocenters. The summed E-state index contributed by atoms with van der Waals surface area (Å²) in [7, 11) is 0. The molecular weight excluding hydrogens is 404 g/mol. The average molecular weight is 431 g/mol. The van der Waals surface area contributed by atoms with Crippen molar-refractivity contribution in [1.29, 1.82) is 0 Å². The Morgan fingerprint density at radius 3 is 2.72 bits per heavy atom. The first-order valence-corrected chi connectivity index (χ1v) is 11.1. The molecule has 0 radical (unpaired) electrons. The van der Waals surface area contributed by atoms with Crippen LogP contribution >= 0.6 is 0 Å². The lowest BCUT2D eigenvalue weighted by Gasteiger charge is -2.20. The van der Waals surface area contributed by atoms with Crippen LogP contribution in [-0.4, -0.2) is 28.5 Å². The molecule has 1 saturated heterocycles. The molecule has 1 aliphatic heterocycles. The molecule has 0 bridgehead atoms. The first-order valence-electron chi connectivity index (χ1n) is 11.1. The second-order valence-electron chi connectivity index (χ2n) is 8.83. The van der Waals surface area contributed by atoms with Gasteiger partial charge in [0.15, 0.2) is 0 Å².